The summed E-state index contributed by atoms with van der Waals surface area (Å²) in [5.41, 5.74) is -0.676. The van der Waals surface area contributed by atoms with Crippen molar-refractivity contribution >= 4 is 0 Å². The van der Waals surface area contributed by atoms with Crippen molar-refractivity contribution in [1.29, 1.82) is 0 Å². The van der Waals surface area contributed by atoms with E-state index in [-0.39, 0.29) is 11.8 Å². The molecule has 1 N–H and O–H groups in total. The summed E-state index contributed by atoms with van der Waals surface area (Å²) in [7, 11) is 0. The summed E-state index contributed by atoms with van der Waals surface area (Å²) in [5, 5.41) is 0. The Bertz CT molecular complexity index is 717. The SMILES string of the molecule is FC(F)(F)c1cccc(OC[C@H]2[C@H]3CC[C@H](C3)N2Cc2ncc[nH]2)c1. The lowest BCUT2D eigenvalue weighted by molar-refractivity contribution is -0.137. The Balaban J connectivity index is 1.44. The lowest BCUT2D eigenvalue weighted by atomic mass is 9.99. The fourth-order valence-corrected chi connectivity index (χ4v) is 4.16. The van der Waals surface area contributed by atoms with Gasteiger partial charge in [0, 0.05) is 24.5 Å². The number of fused-ring (bicyclic) bond motifs is 2. The summed E-state index contributed by atoms with van der Waals surface area (Å²) >= 11 is 0. The van der Waals surface area contributed by atoms with Crippen LogP contribution in [0.1, 0.15) is 30.7 Å². The second-order valence-corrected chi connectivity index (χ2v) is 6.84. The van der Waals surface area contributed by atoms with Gasteiger partial charge in [0.05, 0.1) is 12.1 Å². The molecule has 134 valence electrons. The zero-order valence-electron chi connectivity index (χ0n) is 13.7. The number of imidazole rings is 1. The van der Waals surface area contributed by atoms with Gasteiger partial charge in [-0.25, -0.2) is 4.98 Å². The van der Waals surface area contributed by atoms with Gasteiger partial charge in [0.2, 0.25) is 0 Å². The molecule has 1 saturated carbocycles. The molecule has 1 aliphatic heterocycles. The number of ether oxygens (including phenoxy) is 1. The summed E-state index contributed by atoms with van der Waals surface area (Å²) in [6.07, 6.45) is 2.66. The van der Waals surface area contributed by atoms with Crippen molar-refractivity contribution < 1.29 is 17.9 Å². The molecule has 3 atom stereocenters. The molecule has 2 aromatic rings. The van der Waals surface area contributed by atoms with Gasteiger partial charge in [0.25, 0.3) is 0 Å². The Morgan fingerprint density at radius 1 is 1.28 bits per heavy atom. The van der Waals surface area contributed by atoms with Gasteiger partial charge >= 0.3 is 6.18 Å². The van der Waals surface area contributed by atoms with Crippen molar-refractivity contribution in [1.82, 2.24) is 14.9 Å². The highest BCUT2D eigenvalue weighted by Gasteiger charge is 2.46. The van der Waals surface area contributed by atoms with Gasteiger partial charge in [0.15, 0.2) is 0 Å². The van der Waals surface area contributed by atoms with Crippen LogP contribution < -0.4 is 4.74 Å². The van der Waals surface area contributed by atoms with E-state index in [1.807, 2.05) is 0 Å². The number of hydrogen-bond acceptors (Lipinski definition) is 3. The molecule has 1 saturated heterocycles. The third-order valence-corrected chi connectivity index (χ3v) is 5.35. The number of aromatic amines is 1. The molecule has 0 unspecified atom stereocenters. The number of hydrogen-bond donors (Lipinski definition) is 1. The van der Waals surface area contributed by atoms with E-state index < -0.39 is 11.7 Å². The third-order valence-electron chi connectivity index (χ3n) is 5.35. The second kappa shape index (κ2) is 6.37. The van der Waals surface area contributed by atoms with Gasteiger partial charge in [-0.2, -0.15) is 13.2 Å². The summed E-state index contributed by atoms with van der Waals surface area (Å²) in [5.74, 6) is 1.73. The fourth-order valence-electron chi connectivity index (χ4n) is 4.16. The number of piperidine rings is 1. The van der Waals surface area contributed by atoms with E-state index >= 15 is 0 Å². The number of nitrogens with zero attached hydrogens (tertiary/aromatic N) is 2. The van der Waals surface area contributed by atoms with Crippen LogP contribution >= 0.6 is 0 Å². The maximum Gasteiger partial charge on any atom is 0.416 e. The predicted molar refractivity (Wildman–Crippen MR) is 86.0 cm³/mol. The number of nitrogens with one attached hydrogen (secondary N) is 1. The van der Waals surface area contributed by atoms with Gasteiger partial charge < -0.3 is 9.72 Å². The summed E-state index contributed by atoms with van der Waals surface area (Å²) in [6, 6.07) is 5.85. The number of aromatic nitrogens is 2. The van der Waals surface area contributed by atoms with Crippen LogP contribution in [0.2, 0.25) is 0 Å². The van der Waals surface area contributed by atoms with Crippen molar-refractivity contribution in [2.75, 3.05) is 6.61 Å². The smallest absolute Gasteiger partial charge is 0.416 e. The first-order valence-electron chi connectivity index (χ1n) is 8.55. The first-order chi connectivity index (χ1) is 12.0. The van der Waals surface area contributed by atoms with Crippen LogP contribution in [0.4, 0.5) is 13.2 Å². The summed E-state index contributed by atoms with van der Waals surface area (Å²) in [4.78, 5) is 9.80. The van der Waals surface area contributed by atoms with E-state index in [4.69, 9.17) is 4.74 Å². The molecule has 0 radical (unpaired) electrons. The fraction of sp³-hybridized carbons (Fsp3) is 0.500. The summed E-state index contributed by atoms with van der Waals surface area (Å²) < 4.78 is 44.2. The van der Waals surface area contributed by atoms with Gasteiger partial charge in [-0.05, 0) is 43.4 Å². The topological polar surface area (TPSA) is 41.1 Å². The van der Waals surface area contributed by atoms with Gasteiger partial charge in [-0.15, -0.1) is 0 Å². The standard InChI is InChI=1S/C18H20F3N3O/c19-18(20,21)13-2-1-3-15(9-13)25-11-16-12-4-5-14(8-12)24(16)10-17-22-6-7-23-17/h1-3,6-7,9,12,14,16H,4-5,8,10-11H2,(H,22,23)/t12-,14+,16-/m0/s1. The van der Waals surface area contributed by atoms with Gasteiger partial charge in [-0.3, -0.25) is 4.90 Å². The molecule has 0 amide bonds. The minimum atomic E-state index is -4.35. The minimum absolute atomic E-state index is 0.221. The first kappa shape index (κ1) is 16.4. The Hall–Kier alpha value is -2.02. The molecule has 1 aromatic heterocycles. The van der Waals surface area contributed by atoms with Gasteiger partial charge in [-0.1, -0.05) is 6.07 Å². The average Bonchev–Trinajstić information content (AvgIpc) is 3.30. The van der Waals surface area contributed by atoms with Crippen LogP contribution in [0.3, 0.4) is 0 Å². The molecule has 1 aromatic carbocycles. The van der Waals surface area contributed by atoms with E-state index in [2.05, 4.69) is 14.9 Å². The van der Waals surface area contributed by atoms with Gasteiger partial charge in [0.1, 0.15) is 18.2 Å². The van der Waals surface area contributed by atoms with E-state index in [1.165, 1.54) is 12.5 Å². The van der Waals surface area contributed by atoms with Crippen molar-refractivity contribution in [3.05, 3.63) is 48.0 Å². The van der Waals surface area contributed by atoms with Crippen molar-refractivity contribution in [3.63, 3.8) is 0 Å². The maximum absolute atomic E-state index is 12.8. The van der Waals surface area contributed by atoms with Crippen molar-refractivity contribution in [2.45, 2.75) is 44.1 Å². The molecule has 2 aliphatic rings. The molecule has 2 heterocycles. The lowest BCUT2D eigenvalue weighted by Gasteiger charge is -2.34. The normalized spacial score (nSPS) is 26.3. The van der Waals surface area contributed by atoms with E-state index in [0.29, 0.717) is 18.6 Å². The predicted octanol–water partition coefficient (Wildman–Crippen LogP) is 3.86. The molecular formula is C18H20F3N3O. The molecule has 25 heavy (non-hydrogen) atoms. The van der Waals surface area contributed by atoms with Crippen LogP contribution in [0.5, 0.6) is 5.75 Å². The quantitative estimate of drug-likeness (QED) is 0.889. The number of halogens is 3. The maximum atomic E-state index is 12.8. The highest BCUT2D eigenvalue weighted by molar-refractivity contribution is 5.30. The molecule has 4 nitrogen and oxygen atoms in total. The van der Waals surface area contributed by atoms with Crippen LogP contribution in [0.15, 0.2) is 36.7 Å². The monoisotopic (exact) mass is 351 g/mol. The second-order valence-electron chi connectivity index (χ2n) is 6.84. The molecule has 4 rings (SSSR count). The minimum Gasteiger partial charge on any atom is -0.492 e. The molecule has 7 heteroatoms. The van der Waals surface area contributed by atoms with Crippen molar-refractivity contribution in [3.8, 4) is 5.75 Å². The molecule has 2 fully saturated rings. The number of benzene rings is 1. The van der Waals surface area contributed by atoms with E-state index in [1.54, 1.807) is 18.5 Å². The summed E-state index contributed by atoms with van der Waals surface area (Å²) in [6.45, 7) is 1.13. The third kappa shape index (κ3) is 3.38. The van der Waals surface area contributed by atoms with E-state index in [9.17, 15) is 13.2 Å². The largest absolute Gasteiger partial charge is 0.492 e. The number of rotatable bonds is 5. The Morgan fingerprint density at radius 3 is 2.92 bits per heavy atom. The number of alkyl halides is 3. The Labute approximate surface area is 144 Å². The van der Waals surface area contributed by atoms with Crippen LogP contribution in [0.25, 0.3) is 0 Å². The average molecular weight is 351 g/mol. The lowest BCUT2D eigenvalue weighted by Crippen LogP contribution is -2.43. The molecular weight excluding hydrogens is 331 g/mol. The Kier molecular flexibility index (Phi) is 4.19. The highest BCUT2D eigenvalue weighted by Crippen LogP contribution is 2.43. The molecule has 0 spiro atoms. The Morgan fingerprint density at radius 2 is 2.16 bits per heavy atom. The van der Waals surface area contributed by atoms with Crippen LogP contribution in [-0.2, 0) is 12.7 Å². The van der Waals surface area contributed by atoms with E-state index in [0.717, 1.165) is 37.3 Å². The number of H-pyrrole nitrogens is 1. The molecule has 1 aliphatic carbocycles. The zero-order chi connectivity index (χ0) is 17.4. The molecule has 2 bridgehead atoms. The van der Waals surface area contributed by atoms with Crippen LogP contribution in [-0.4, -0.2) is 33.6 Å². The number of likely N-dealkylation sites (tertiary alicyclic amines) is 1. The van der Waals surface area contributed by atoms with Crippen molar-refractivity contribution in [2.24, 2.45) is 5.92 Å². The van der Waals surface area contributed by atoms with Crippen LogP contribution in [0, 0.1) is 5.92 Å². The zero-order valence-corrected chi connectivity index (χ0v) is 13.7. The highest BCUT2D eigenvalue weighted by atomic mass is 19.4. The first-order valence-corrected chi connectivity index (χ1v) is 8.55.